The lowest BCUT2D eigenvalue weighted by Crippen LogP contribution is -2.11. The van der Waals surface area contributed by atoms with E-state index in [2.05, 4.69) is 5.32 Å². The van der Waals surface area contributed by atoms with E-state index in [-0.39, 0.29) is 5.56 Å². The van der Waals surface area contributed by atoms with Crippen molar-refractivity contribution in [3.63, 3.8) is 0 Å². The molecule has 0 saturated heterocycles. The summed E-state index contributed by atoms with van der Waals surface area (Å²) in [4.78, 5) is 0. The molecule has 0 aliphatic heterocycles. The Morgan fingerprint density at radius 2 is 1.74 bits per heavy atom. The molecule has 0 aliphatic carbocycles. The zero-order chi connectivity index (χ0) is 13.8. The van der Waals surface area contributed by atoms with Crippen molar-refractivity contribution in [3.05, 3.63) is 59.2 Å². The van der Waals surface area contributed by atoms with E-state index in [1.807, 2.05) is 32.0 Å². The van der Waals surface area contributed by atoms with Crippen LogP contribution in [0.2, 0.25) is 0 Å². The smallest absolute Gasteiger partial charge is 0.133 e. The van der Waals surface area contributed by atoms with Crippen LogP contribution < -0.4 is 5.32 Å². The summed E-state index contributed by atoms with van der Waals surface area (Å²) in [6, 6.07) is 9.67. The van der Waals surface area contributed by atoms with E-state index in [1.165, 1.54) is 18.2 Å². The van der Waals surface area contributed by atoms with Crippen LogP contribution >= 0.6 is 0 Å². The zero-order valence-corrected chi connectivity index (χ0v) is 11.1. The normalized spacial score (nSPS) is 10.7. The summed E-state index contributed by atoms with van der Waals surface area (Å²) in [5, 5.41) is 3.20. The summed E-state index contributed by atoms with van der Waals surface area (Å²) in [6.45, 7) is 5.43. The first-order valence-electron chi connectivity index (χ1n) is 6.38. The number of benzene rings is 2. The first-order valence-corrected chi connectivity index (χ1v) is 6.38. The van der Waals surface area contributed by atoms with Crippen molar-refractivity contribution in [1.29, 1.82) is 0 Å². The molecule has 0 saturated carbocycles. The number of hydrogen-bond donors (Lipinski definition) is 1. The van der Waals surface area contributed by atoms with Crippen molar-refractivity contribution >= 4 is 0 Å². The number of hydrogen-bond acceptors (Lipinski definition) is 1. The molecular formula is C16H17F2N. The molecule has 1 N–H and O–H groups in total. The highest BCUT2D eigenvalue weighted by Crippen LogP contribution is 2.29. The van der Waals surface area contributed by atoms with Gasteiger partial charge in [-0.2, -0.15) is 0 Å². The molecule has 2 aromatic carbocycles. The van der Waals surface area contributed by atoms with E-state index >= 15 is 0 Å². The van der Waals surface area contributed by atoms with E-state index in [1.54, 1.807) is 0 Å². The molecule has 0 bridgehead atoms. The van der Waals surface area contributed by atoms with E-state index in [9.17, 15) is 8.78 Å². The number of rotatable bonds is 4. The fourth-order valence-electron chi connectivity index (χ4n) is 2.07. The third kappa shape index (κ3) is 2.99. The quantitative estimate of drug-likeness (QED) is 0.875. The highest BCUT2D eigenvalue weighted by atomic mass is 19.1. The molecule has 0 aliphatic rings. The van der Waals surface area contributed by atoms with Crippen molar-refractivity contribution in [1.82, 2.24) is 5.32 Å². The standard InChI is InChI=1S/C16H17F2N/c1-3-19-10-12-8-7-11(2)13(9-12)16-14(17)5-4-6-15(16)18/h4-9,19H,3,10H2,1-2H3. The first-order chi connectivity index (χ1) is 9.13. The first kappa shape index (κ1) is 13.7. The molecule has 2 aromatic rings. The van der Waals surface area contributed by atoms with Gasteiger partial charge in [0.1, 0.15) is 11.6 Å². The van der Waals surface area contributed by atoms with Crippen molar-refractivity contribution in [3.8, 4) is 11.1 Å². The average Bonchev–Trinajstić information content (AvgIpc) is 2.39. The average molecular weight is 261 g/mol. The van der Waals surface area contributed by atoms with E-state index in [4.69, 9.17) is 0 Å². The molecule has 1 nitrogen and oxygen atoms in total. The van der Waals surface area contributed by atoms with Gasteiger partial charge in [-0.15, -0.1) is 0 Å². The minimum absolute atomic E-state index is 0.0540. The Morgan fingerprint density at radius 3 is 2.37 bits per heavy atom. The van der Waals surface area contributed by atoms with Crippen LogP contribution in [0.5, 0.6) is 0 Å². The topological polar surface area (TPSA) is 12.0 Å². The summed E-state index contributed by atoms with van der Waals surface area (Å²) < 4.78 is 27.7. The summed E-state index contributed by atoms with van der Waals surface area (Å²) >= 11 is 0. The number of aryl methyl sites for hydroxylation is 1. The summed E-state index contributed by atoms with van der Waals surface area (Å²) in [5.74, 6) is -1.05. The van der Waals surface area contributed by atoms with Crippen LogP contribution in [0.1, 0.15) is 18.1 Å². The lowest BCUT2D eigenvalue weighted by atomic mass is 9.97. The van der Waals surface area contributed by atoms with Gasteiger partial charge >= 0.3 is 0 Å². The van der Waals surface area contributed by atoms with Crippen molar-refractivity contribution in [2.45, 2.75) is 20.4 Å². The van der Waals surface area contributed by atoms with Crippen LogP contribution in [0, 0.1) is 18.6 Å². The molecule has 19 heavy (non-hydrogen) atoms. The van der Waals surface area contributed by atoms with Crippen LogP contribution in [0.25, 0.3) is 11.1 Å². The number of halogens is 2. The van der Waals surface area contributed by atoms with Gasteiger partial charge in [0.05, 0.1) is 5.56 Å². The van der Waals surface area contributed by atoms with Gasteiger partial charge < -0.3 is 5.32 Å². The monoisotopic (exact) mass is 261 g/mol. The van der Waals surface area contributed by atoms with E-state index < -0.39 is 11.6 Å². The van der Waals surface area contributed by atoms with Crippen molar-refractivity contribution in [2.24, 2.45) is 0 Å². The summed E-state index contributed by atoms with van der Waals surface area (Å²) in [7, 11) is 0. The zero-order valence-electron chi connectivity index (χ0n) is 11.1. The molecule has 0 heterocycles. The van der Waals surface area contributed by atoms with Gasteiger partial charge in [0.2, 0.25) is 0 Å². The second-order valence-corrected chi connectivity index (χ2v) is 4.53. The lowest BCUT2D eigenvalue weighted by molar-refractivity contribution is 0.589. The van der Waals surface area contributed by atoms with Gasteiger partial charge in [-0.05, 0) is 48.4 Å². The minimum atomic E-state index is -0.524. The maximum Gasteiger partial charge on any atom is 0.133 e. The minimum Gasteiger partial charge on any atom is -0.313 e. The molecule has 0 aromatic heterocycles. The molecule has 100 valence electrons. The van der Waals surface area contributed by atoms with Gasteiger partial charge in [-0.25, -0.2) is 8.78 Å². The second-order valence-electron chi connectivity index (χ2n) is 4.53. The SMILES string of the molecule is CCNCc1ccc(C)c(-c2c(F)cccc2F)c1. The van der Waals surface area contributed by atoms with Gasteiger partial charge in [-0.1, -0.05) is 25.1 Å². The van der Waals surface area contributed by atoms with Crippen LogP contribution in [0.3, 0.4) is 0 Å². The maximum atomic E-state index is 13.8. The van der Waals surface area contributed by atoms with Gasteiger partial charge in [0.15, 0.2) is 0 Å². The van der Waals surface area contributed by atoms with Crippen LogP contribution in [-0.4, -0.2) is 6.54 Å². The Kier molecular flexibility index (Phi) is 4.27. The highest BCUT2D eigenvalue weighted by molar-refractivity contribution is 5.69. The molecule has 0 amide bonds. The Balaban J connectivity index is 2.49. The van der Waals surface area contributed by atoms with Crippen LogP contribution in [0.15, 0.2) is 36.4 Å². The molecule has 3 heteroatoms. The Labute approximate surface area is 112 Å². The maximum absolute atomic E-state index is 13.8. The van der Waals surface area contributed by atoms with E-state index in [0.717, 1.165) is 17.7 Å². The lowest BCUT2D eigenvalue weighted by Gasteiger charge is -2.11. The van der Waals surface area contributed by atoms with Crippen LogP contribution in [-0.2, 0) is 6.54 Å². The van der Waals surface area contributed by atoms with E-state index in [0.29, 0.717) is 12.1 Å². The van der Waals surface area contributed by atoms with Crippen LogP contribution in [0.4, 0.5) is 8.78 Å². The molecule has 0 radical (unpaired) electrons. The van der Waals surface area contributed by atoms with Gasteiger partial charge in [0, 0.05) is 6.54 Å². The molecule has 0 spiro atoms. The Morgan fingerprint density at radius 1 is 1.05 bits per heavy atom. The van der Waals surface area contributed by atoms with Crippen molar-refractivity contribution in [2.75, 3.05) is 6.54 Å². The fraction of sp³-hybridized carbons (Fsp3) is 0.250. The largest absolute Gasteiger partial charge is 0.313 e. The molecule has 0 atom stereocenters. The van der Waals surface area contributed by atoms with Gasteiger partial charge in [-0.3, -0.25) is 0 Å². The summed E-state index contributed by atoms with van der Waals surface area (Å²) in [5.41, 5.74) is 2.55. The summed E-state index contributed by atoms with van der Waals surface area (Å²) in [6.07, 6.45) is 0. The predicted molar refractivity (Wildman–Crippen MR) is 73.9 cm³/mol. The highest BCUT2D eigenvalue weighted by Gasteiger charge is 2.13. The molecule has 2 rings (SSSR count). The molecular weight excluding hydrogens is 244 g/mol. The Hall–Kier alpha value is -1.74. The van der Waals surface area contributed by atoms with Gasteiger partial charge in [0.25, 0.3) is 0 Å². The fourth-order valence-corrected chi connectivity index (χ4v) is 2.07. The molecule has 0 unspecified atom stereocenters. The third-order valence-electron chi connectivity index (χ3n) is 3.11. The second kappa shape index (κ2) is 5.93. The van der Waals surface area contributed by atoms with Crippen molar-refractivity contribution < 1.29 is 8.78 Å². The molecule has 0 fully saturated rings. The Bertz CT molecular complexity index is 559. The number of nitrogens with one attached hydrogen (secondary N) is 1. The third-order valence-corrected chi connectivity index (χ3v) is 3.11. The predicted octanol–water partition coefficient (Wildman–Crippen LogP) is 4.05.